The third-order valence-corrected chi connectivity index (χ3v) is 5.18. The van der Waals surface area contributed by atoms with E-state index in [1.165, 1.54) is 0 Å². The van der Waals surface area contributed by atoms with Gasteiger partial charge in [0.25, 0.3) is 5.91 Å². The molecule has 3 nitrogen and oxygen atoms in total. The van der Waals surface area contributed by atoms with Crippen LogP contribution in [0.2, 0.25) is 10.0 Å². The summed E-state index contributed by atoms with van der Waals surface area (Å²) in [4.78, 5) is 14.2. The molecule has 122 valence electrons. The van der Waals surface area contributed by atoms with Crippen LogP contribution in [0.15, 0.2) is 18.2 Å². The van der Waals surface area contributed by atoms with Gasteiger partial charge in [0.05, 0.1) is 16.7 Å². The summed E-state index contributed by atoms with van der Waals surface area (Å²) < 4.78 is 5.28. The van der Waals surface area contributed by atoms with Crippen molar-refractivity contribution in [3.63, 3.8) is 0 Å². The fourth-order valence-corrected chi connectivity index (χ4v) is 3.40. The van der Waals surface area contributed by atoms with Crippen molar-refractivity contribution in [3.8, 4) is 11.8 Å². The number of piperidine rings is 1. The highest BCUT2D eigenvalue weighted by atomic mass is 35.5. The van der Waals surface area contributed by atoms with Crippen molar-refractivity contribution in [2.75, 3.05) is 26.3 Å². The largest absolute Gasteiger partial charge is 0.380 e. The number of rotatable bonds is 1. The number of benzene rings is 1. The Bertz CT molecular complexity index is 644. The molecule has 23 heavy (non-hydrogen) atoms. The number of hydrogen-bond donors (Lipinski definition) is 0. The number of halogens is 2. The van der Waals surface area contributed by atoms with Gasteiger partial charge in [0.2, 0.25) is 0 Å². The summed E-state index contributed by atoms with van der Waals surface area (Å²) in [6.45, 7) is 2.85. The van der Waals surface area contributed by atoms with Crippen molar-refractivity contribution >= 4 is 29.1 Å². The molecule has 2 aliphatic heterocycles. The lowest BCUT2D eigenvalue weighted by Gasteiger charge is -2.32. The first kappa shape index (κ1) is 16.6. The van der Waals surface area contributed by atoms with Crippen LogP contribution in [0.25, 0.3) is 0 Å². The zero-order valence-electron chi connectivity index (χ0n) is 12.9. The van der Waals surface area contributed by atoms with Crippen molar-refractivity contribution in [2.45, 2.75) is 25.2 Å². The zero-order valence-corrected chi connectivity index (χ0v) is 14.4. The Morgan fingerprint density at radius 3 is 2.87 bits per heavy atom. The topological polar surface area (TPSA) is 29.5 Å². The Labute approximate surface area is 146 Å². The number of hydrogen-bond acceptors (Lipinski definition) is 2. The van der Waals surface area contributed by atoms with Gasteiger partial charge in [-0.2, -0.15) is 0 Å². The Morgan fingerprint density at radius 1 is 1.26 bits per heavy atom. The van der Waals surface area contributed by atoms with Crippen LogP contribution >= 0.6 is 23.2 Å². The second kappa shape index (κ2) is 7.57. The number of nitrogens with zero attached hydrogens (tertiary/aromatic N) is 1. The number of carbonyl (C=O) groups is 1. The van der Waals surface area contributed by atoms with E-state index in [4.69, 9.17) is 27.9 Å². The van der Waals surface area contributed by atoms with Crippen LogP contribution in [0, 0.1) is 17.8 Å². The molecule has 0 bridgehead atoms. The summed E-state index contributed by atoms with van der Waals surface area (Å²) in [6, 6.07) is 5.72. The maximum absolute atomic E-state index is 12.3. The third kappa shape index (κ3) is 4.20. The second-order valence-corrected chi connectivity index (χ2v) is 6.91. The lowest BCUT2D eigenvalue weighted by Crippen LogP contribution is -2.38. The van der Waals surface area contributed by atoms with E-state index >= 15 is 0 Å². The number of carbonyl (C=O) groups excluding carboxylic acids is 1. The van der Waals surface area contributed by atoms with Crippen molar-refractivity contribution in [1.82, 2.24) is 4.90 Å². The summed E-state index contributed by atoms with van der Waals surface area (Å²) in [7, 11) is 0. The minimum Gasteiger partial charge on any atom is -0.380 e. The molecule has 0 spiro atoms. The number of amides is 1. The summed E-state index contributed by atoms with van der Waals surface area (Å²) in [5.74, 6) is 6.25. The molecule has 1 aromatic carbocycles. The minimum absolute atomic E-state index is 0.0818. The van der Waals surface area contributed by atoms with Gasteiger partial charge < -0.3 is 9.64 Å². The van der Waals surface area contributed by atoms with E-state index in [0.717, 1.165) is 38.0 Å². The van der Waals surface area contributed by atoms with E-state index in [-0.39, 0.29) is 11.8 Å². The van der Waals surface area contributed by atoms with Crippen LogP contribution in [0.5, 0.6) is 0 Å². The van der Waals surface area contributed by atoms with Gasteiger partial charge in [-0.25, -0.2) is 0 Å². The highest BCUT2D eigenvalue weighted by Crippen LogP contribution is 2.31. The van der Waals surface area contributed by atoms with Crippen LogP contribution in [-0.4, -0.2) is 37.1 Å². The highest BCUT2D eigenvalue weighted by Gasteiger charge is 2.24. The molecule has 1 amide bonds. The number of likely N-dealkylation sites (tertiary alicyclic amines) is 1. The molecule has 5 heteroatoms. The van der Waals surface area contributed by atoms with Crippen LogP contribution < -0.4 is 0 Å². The van der Waals surface area contributed by atoms with Gasteiger partial charge in [-0.1, -0.05) is 35.2 Å². The van der Waals surface area contributed by atoms with E-state index in [9.17, 15) is 4.79 Å². The smallest absolute Gasteiger partial charge is 0.298 e. The van der Waals surface area contributed by atoms with E-state index in [1.807, 2.05) is 23.1 Å². The molecule has 2 atom stereocenters. The van der Waals surface area contributed by atoms with Crippen molar-refractivity contribution in [2.24, 2.45) is 5.92 Å². The van der Waals surface area contributed by atoms with Crippen LogP contribution in [0.4, 0.5) is 0 Å². The fourth-order valence-electron chi connectivity index (χ4n) is 3.09. The van der Waals surface area contributed by atoms with Gasteiger partial charge in [0.15, 0.2) is 0 Å². The van der Waals surface area contributed by atoms with Gasteiger partial charge in [-0.05, 0) is 42.9 Å². The standard InChI is InChI=1S/C18H19Cl2NO2/c19-16-5-4-14(10-17(16)20)15-2-1-8-21(11-15)18(22)6-3-13-7-9-23-12-13/h4-5,10,13,15H,1-2,7-9,11-12H2. The van der Waals surface area contributed by atoms with Crippen LogP contribution in [0.1, 0.15) is 30.7 Å². The predicted molar refractivity (Wildman–Crippen MR) is 91.7 cm³/mol. The van der Waals surface area contributed by atoms with Crippen LogP contribution in [0.3, 0.4) is 0 Å². The third-order valence-electron chi connectivity index (χ3n) is 4.44. The fraction of sp³-hybridized carbons (Fsp3) is 0.500. The molecule has 2 fully saturated rings. The molecule has 0 aliphatic carbocycles. The highest BCUT2D eigenvalue weighted by molar-refractivity contribution is 6.42. The average molecular weight is 352 g/mol. The quantitative estimate of drug-likeness (QED) is 0.721. The molecule has 0 saturated carbocycles. The lowest BCUT2D eigenvalue weighted by atomic mass is 9.90. The summed E-state index contributed by atoms with van der Waals surface area (Å²) in [6.07, 6.45) is 2.95. The first-order chi connectivity index (χ1) is 11.1. The minimum atomic E-state index is -0.0818. The Hall–Kier alpha value is -1.21. The van der Waals surface area contributed by atoms with Gasteiger partial charge in [-0.15, -0.1) is 0 Å². The van der Waals surface area contributed by atoms with E-state index in [1.54, 1.807) is 0 Å². The monoisotopic (exact) mass is 351 g/mol. The first-order valence-corrected chi connectivity index (χ1v) is 8.72. The van der Waals surface area contributed by atoms with E-state index in [0.29, 0.717) is 29.1 Å². The molecule has 0 N–H and O–H groups in total. The summed E-state index contributed by atoms with van der Waals surface area (Å²) in [5, 5.41) is 1.12. The lowest BCUT2D eigenvalue weighted by molar-refractivity contribution is -0.126. The maximum Gasteiger partial charge on any atom is 0.298 e. The zero-order chi connectivity index (χ0) is 16.2. The van der Waals surface area contributed by atoms with Gasteiger partial charge in [0.1, 0.15) is 0 Å². The molecule has 1 aromatic rings. The van der Waals surface area contributed by atoms with Crippen LogP contribution in [-0.2, 0) is 9.53 Å². The van der Waals surface area contributed by atoms with Crippen molar-refractivity contribution in [1.29, 1.82) is 0 Å². The Kier molecular flexibility index (Phi) is 5.48. The summed E-state index contributed by atoms with van der Waals surface area (Å²) >= 11 is 12.1. The molecule has 3 rings (SSSR count). The Morgan fingerprint density at radius 2 is 2.13 bits per heavy atom. The molecule has 2 saturated heterocycles. The van der Waals surface area contributed by atoms with Gasteiger partial charge >= 0.3 is 0 Å². The molecule has 2 heterocycles. The van der Waals surface area contributed by atoms with Crippen molar-refractivity contribution in [3.05, 3.63) is 33.8 Å². The SMILES string of the molecule is O=C(C#CC1CCOC1)N1CCCC(c2ccc(Cl)c(Cl)c2)C1. The second-order valence-electron chi connectivity index (χ2n) is 6.09. The normalized spacial score (nSPS) is 24.2. The van der Waals surface area contributed by atoms with Crippen molar-refractivity contribution < 1.29 is 9.53 Å². The Balaban J connectivity index is 1.65. The molecule has 2 unspecified atom stereocenters. The maximum atomic E-state index is 12.3. The number of ether oxygens (including phenoxy) is 1. The predicted octanol–water partition coefficient (Wildman–Crippen LogP) is 3.74. The first-order valence-electron chi connectivity index (χ1n) is 7.96. The molecule has 0 radical (unpaired) electrons. The molecule has 2 aliphatic rings. The van der Waals surface area contributed by atoms with Gasteiger partial charge in [0, 0.05) is 31.5 Å². The van der Waals surface area contributed by atoms with E-state index in [2.05, 4.69) is 11.8 Å². The molecular formula is C18H19Cl2NO2. The summed E-state index contributed by atoms with van der Waals surface area (Å²) in [5.41, 5.74) is 1.13. The van der Waals surface area contributed by atoms with E-state index < -0.39 is 0 Å². The average Bonchev–Trinajstić information content (AvgIpc) is 3.09. The molecular weight excluding hydrogens is 333 g/mol. The van der Waals surface area contributed by atoms with Gasteiger partial charge in [-0.3, -0.25) is 4.79 Å². The molecule has 0 aromatic heterocycles.